The maximum Gasteiger partial charge on any atom is 0.310 e. The molecule has 0 atom stereocenters. The zero-order valence-corrected chi connectivity index (χ0v) is 19.8. The lowest BCUT2D eigenvalue weighted by atomic mass is 10.1. The second kappa shape index (κ2) is 17.3. The van der Waals surface area contributed by atoms with Crippen LogP contribution in [-0.4, -0.2) is 66.3 Å². The van der Waals surface area contributed by atoms with Crippen molar-refractivity contribution in [3.63, 3.8) is 0 Å². The second-order valence-corrected chi connectivity index (χ2v) is 9.58. The number of carbonyl (C=O) groups excluding carboxylic acids is 2. The van der Waals surface area contributed by atoms with Crippen molar-refractivity contribution in [1.82, 2.24) is 4.90 Å². The smallest absolute Gasteiger partial charge is 0.310 e. The number of aromatic hydroxyl groups is 1. The standard InChI is InChI=1S/C22H35NO5S2/c1-3-11-23(12-4-2)13-5-6-21(25)27-14-16-29-30-17-15-28-22(26)18-19-7-9-20(24)10-8-19/h7-10,24H,3-6,11-18H2,1-2H3. The fourth-order valence-electron chi connectivity index (χ4n) is 2.82. The third-order valence-corrected chi connectivity index (χ3v) is 6.50. The first kappa shape index (κ1) is 26.7. The SMILES string of the molecule is CCCN(CCC)CCCC(=O)OCCSSCCOC(=O)Cc1ccc(O)cc1. The molecule has 1 aromatic rings. The summed E-state index contributed by atoms with van der Waals surface area (Å²) in [7, 11) is 3.20. The van der Waals surface area contributed by atoms with Crippen molar-refractivity contribution in [2.45, 2.75) is 46.0 Å². The average Bonchev–Trinajstić information content (AvgIpc) is 2.72. The van der Waals surface area contributed by atoms with E-state index in [1.54, 1.807) is 45.9 Å². The van der Waals surface area contributed by atoms with E-state index in [0.29, 0.717) is 25.4 Å². The topological polar surface area (TPSA) is 76.1 Å². The summed E-state index contributed by atoms with van der Waals surface area (Å²) in [6.07, 6.45) is 3.78. The number of hydrogen-bond acceptors (Lipinski definition) is 8. The molecule has 0 aliphatic heterocycles. The molecule has 0 aliphatic rings. The predicted molar refractivity (Wildman–Crippen MR) is 125 cm³/mol. The largest absolute Gasteiger partial charge is 0.508 e. The Morgan fingerprint density at radius 1 is 0.900 bits per heavy atom. The first-order valence-electron chi connectivity index (χ1n) is 10.6. The van der Waals surface area contributed by atoms with Crippen molar-refractivity contribution < 1.29 is 24.2 Å². The molecule has 1 rings (SSSR count). The van der Waals surface area contributed by atoms with Gasteiger partial charge in [-0.3, -0.25) is 9.59 Å². The van der Waals surface area contributed by atoms with Crippen molar-refractivity contribution in [1.29, 1.82) is 0 Å². The number of carbonyl (C=O) groups is 2. The molecule has 0 radical (unpaired) electrons. The molecule has 8 heteroatoms. The van der Waals surface area contributed by atoms with Crippen LogP contribution in [0.25, 0.3) is 0 Å². The zero-order valence-electron chi connectivity index (χ0n) is 18.1. The van der Waals surface area contributed by atoms with Gasteiger partial charge in [-0.25, -0.2) is 0 Å². The van der Waals surface area contributed by atoms with E-state index in [4.69, 9.17) is 9.47 Å². The van der Waals surface area contributed by atoms with E-state index in [1.165, 1.54) is 0 Å². The van der Waals surface area contributed by atoms with Crippen LogP contribution in [0.3, 0.4) is 0 Å². The quantitative estimate of drug-likeness (QED) is 0.211. The fraction of sp³-hybridized carbons (Fsp3) is 0.636. The van der Waals surface area contributed by atoms with Crippen molar-refractivity contribution in [3.05, 3.63) is 29.8 Å². The highest BCUT2D eigenvalue weighted by Crippen LogP contribution is 2.20. The van der Waals surface area contributed by atoms with Crippen LogP contribution in [0.2, 0.25) is 0 Å². The molecule has 170 valence electrons. The third-order valence-electron chi connectivity index (χ3n) is 4.16. The van der Waals surface area contributed by atoms with E-state index in [0.717, 1.165) is 50.2 Å². The summed E-state index contributed by atoms with van der Waals surface area (Å²) in [4.78, 5) is 25.9. The number of hydrogen-bond donors (Lipinski definition) is 1. The Hall–Kier alpha value is -1.38. The minimum atomic E-state index is -0.281. The van der Waals surface area contributed by atoms with E-state index >= 15 is 0 Å². The van der Waals surface area contributed by atoms with Crippen molar-refractivity contribution >= 4 is 33.5 Å². The summed E-state index contributed by atoms with van der Waals surface area (Å²) in [5.74, 6) is 1.17. The molecule has 0 aromatic heterocycles. The van der Waals surface area contributed by atoms with E-state index in [-0.39, 0.29) is 24.1 Å². The maximum absolute atomic E-state index is 11.8. The summed E-state index contributed by atoms with van der Waals surface area (Å²) in [6.45, 7) is 8.23. The molecular formula is C22H35NO5S2. The summed E-state index contributed by atoms with van der Waals surface area (Å²) < 4.78 is 10.5. The van der Waals surface area contributed by atoms with Gasteiger partial charge >= 0.3 is 11.9 Å². The highest BCUT2D eigenvalue weighted by molar-refractivity contribution is 8.76. The highest BCUT2D eigenvalue weighted by Gasteiger charge is 2.07. The maximum atomic E-state index is 11.8. The molecule has 1 N–H and O–H groups in total. The van der Waals surface area contributed by atoms with Gasteiger partial charge < -0.3 is 19.5 Å². The Kier molecular flexibility index (Phi) is 15.4. The van der Waals surface area contributed by atoms with Crippen molar-refractivity contribution in [3.8, 4) is 5.75 Å². The molecule has 0 unspecified atom stereocenters. The van der Waals surface area contributed by atoms with Gasteiger partial charge in [0.1, 0.15) is 19.0 Å². The number of ether oxygens (including phenoxy) is 2. The van der Waals surface area contributed by atoms with Gasteiger partial charge in [0.25, 0.3) is 0 Å². The molecule has 6 nitrogen and oxygen atoms in total. The van der Waals surface area contributed by atoms with Gasteiger partial charge in [0.05, 0.1) is 6.42 Å². The van der Waals surface area contributed by atoms with Crippen LogP contribution >= 0.6 is 21.6 Å². The first-order chi connectivity index (χ1) is 14.5. The molecule has 0 saturated carbocycles. The van der Waals surface area contributed by atoms with Crippen LogP contribution in [0.15, 0.2) is 24.3 Å². The minimum Gasteiger partial charge on any atom is -0.508 e. The summed E-state index contributed by atoms with van der Waals surface area (Å²) in [6, 6.07) is 6.51. The molecule has 0 fully saturated rings. The number of nitrogens with zero attached hydrogens (tertiary/aromatic N) is 1. The van der Waals surface area contributed by atoms with Gasteiger partial charge in [-0.2, -0.15) is 0 Å². The molecule has 0 saturated heterocycles. The number of esters is 2. The number of phenols is 1. The number of rotatable bonds is 17. The Morgan fingerprint density at radius 3 is 2.03 bits per heavy atom. The third kappa shape index (κ3) is 13.8. The van der Waals surface area contributed by atoms with Crippen LogP contribution in [0.4, 0.5) is 0 Å². The van der Waals surface area contributed by atoms with Crippen LogP contribution < -0.4 is 0 Å². The Balaban J connectivity index is 1.95. The van der Waals surface area contributed by atoms with E-state index < -0.39 is 0 Å². The van der Waals surface area contributed by atoms with E-state index in [2.05, 4.69) is 18.7 Å². The van der Waals surface area contributed by atoms with E-state index in [9.17, 15) is 14.7 Å². The minimum absolute atomic E-state index is 0.128. The van der Waals surface area contributed by atoms with Gasteiger partial charge in [0.15, 0.2) is 0 Å². The number of benzene rings is 1. The monoisotopic (exact) mass is 457 g/mol. The summed E-state index contributed by atoms with van der Waals surface area (Å²) >= 11 is 0. The van der Waals surface area contributed by atoms with Gasteiger partial charge in [0.2, 0.25) is 0 Å². The molecule has 0 aliphatic carbocycles. The molecule has 0 amide bonds. The van der Waals surface area contributed by atoms with Crippen molar-refractivity contribution in [2.75, 3.05) is 44.4 Å². The van der Waals surface area contributed by atoms with Gasteiger partial charge in [-0.05, 0) is 56.6 Å². The van der Waals surface area contributed by atoms with Crippen LogP contribution in [0.5, 0.6) is 5.75 Å². The normalized spacial score (nSPS) is 10.9. The second-order valence-electron chi connectivity index (χ2n) is 6.87. The molecule has 30 heavy (non-hydrogen) atoms. The Labute approximate surface area is 188 Å². The van der Waals surface area contributed by atoms with Crippen LogP contribution in [0.1, 0.15) is 45.1 Å². The van der Waals surface area contributed by atoms with E-state index in [1.807, 2.05) is 0 Å². The molecule has 1 aromatic carbocycles. The number of phenolic OH excluding ortho intramolecular Hbond substituents is 1. The average molecular weight is 458 g/mol. The van der Waals surface area contributed by atoms with Crippen LogP contribution in [0, 0.1) is 0 Å². The van der Waals surface area contributed by atoms with Gasteiger partial charge in [0, 0.05) is 17.9 Å². The highest BCUT2D eigenvalue weighted by atomic mass is 33.1. The molecule has 0 heterocycles. The summed E-state index contributed by atoms with van der Waals surface area (Å²) in [5.41, 5.74) is 0.810. The summed E-state index contributed by atoms with van der Waals surface area (Å²) in [5, 5.41) is 9.23. The lowest BCUT2D eigenvalue weighted by Gasteiger charge is -2.20. The Morgan fingerprint density at radius 2 is 1.47 bits per heavy atom. The Bertz CT molecular complexity index is 592. The lowest BCUT2D eigenvalue weighted by molar-refractivity contribution is -0.143. The fourth-order valence-corrected chi connectivity index (χ4v) is 4.47. The molecular weight excluding hydrogens is 422 g/mol. The van der Waals surface area contributed by atoms with Gasteiger partial charge in [-0.1, -0.05) is 47.6 Å². The lowest BCUT2D eigenvalue weighted by Crippen LogP contribution is -2.27. The van der Waals surface area contributed by atoms with Gasteiger partial charge in [-0.15, -0.1) is 0 Å². The molecule has 0 spiro atoms. The zero-order chi connectivity index (χ0) is 22.0. The predicted octanol–water partition coefficient (Wildman–Crippen LogP) is 4.30. The molecule has 0 bridgehead atoms. The van der Waals surface area contributed by atoms with Crippen molar-refractivity contribution in [2.24, 2.45) is 0 Å². The first-order valence-corrected chi connectivity index (χ1v) is 13.1. The van der Waals surface area contributed by atoms with Crippen LogP contribution in [-0.2, 0) is 25.5 Å².